The summed E-state index contributed by atoms with van der Waals surface area (Å²) in [7, 11) is -3.22. The maximum atomic E-state index is 13.7. The van der Waals surface area contributed by atoms with Crippen molar-refractivity contribution in [2.45, 2.75) is 44.2 Å². The average molecular weight is 314 g/mol. The molecule has 1 aromatic carbocycles. The smallest absolute Gasteiger partial charge is 0.209 e. The zero-order chi connectivity index (χ0) is 15.7. The van der Waals surface area contributed by atoms with Crippen LogP contribution in [0.4, 0.5) is 4.39 Å². The second kappa shape index (κ2) is 6.02. The zero-order valence-electron chi connectivity index (χ0n) is 12.7. The van der Waals surface area contributed by atoms with Gasteiger partial charge in [0.05, 0.1) is 6.26 Å². The summed E-state index contributed by atoms with van der Waals surface area (Å²) >= 11 is 0. The predicted molar refractivity (Wildman–Crippen MR) is 82.2 cm³/mol. The molecule has 0 unspecified atom stereocenters. The second-order valence-electron chi connectivity index (χ2n) is 6.53. The fourth-order valence-corrected chi connectivity index (χ4v) is 3.86. The van der Waals surface area contributed by atoms with Gasteiger partial charge in [-0.15, -0.1) is 0 Å². The van der Waals surface area contributed by atoms with Gasteiger partial charge in [-0.25, -0.2) is 17.5 Å². The van der Waals surface area contributed by atoms with Gasteiger partial charge in [-0.2, -0.15) is 0 Å². The maximum absolute atomic E-state index is 13.7. The Morgan fingerprint density at radius 3 is 2.48 bits per heavy atom. The van der Waals surface area contributed by atoms with Gasteiger partial charge in [0.25, 0.3) is 0 Å². The molecule has 2 rings (SSSR count). The molecular weight excluding hydrogens is 291 g/mol. The van der Waals surface area contributed by atoms with Crippen LogP contribution in [0.1, 0.15) is 38.2 Å². The Morgan fingerprint density at radius 1 is 1.29 bits per heavy atom. The molecule has 0 aromatic heterocycles. The summed E-state index contributed by atoms with van der Waals surface area (Å²) in [4.78, 5) is 0. The number of nitrogens with one attached hydrogen (secondary N) is 2. The van der Waals surface area contributed by atoms with E-state index in [1.807, 2.05) is 26.0 Å². The highest BCUT2D eigenvalue weighted by atomic mass is 32.2. The van der Waals surface area contributed by atoms with Gasteiger partial charge in [-0.3, -0.25) is 0 Å². The number of rotatable bonds is 6. The molecule has 0 saturated heterocycles. The Labute approximate surface area is 126 Å². The third-order valence-corrected chi connectivity index (χ3v) is 4.70. The molecule has 1 saturated carbocycles. The summed E-state index contributed by atoms with van der Waals surface area (Å²) in [6, 6.07) is 7.21. The summed E-state index contributed by atoms with van der Waals surface area (Å²) in [5.41, 5.74) is 0.250. The average Bonchev–Trinajstić information content (AvgIpc) is 2.25. The van der Waals surface area contributed by atoms with Gasteiger partial charge in [-0.05, 0) is 44.2 Å². The highest BCUT2D eigenvalue weighted by molar-refractivity contribution is 7.88. The lowest BCUT2D eigenvalue weighted by atomic mass is 9.75. The van der Waals surface area contributed by atoms with E-state index >= 15 is 0 Å². The summed E-state index contributed by atoms with van der Waals surface area (Å²) in [6.45, 7) is 4.23. The summed E-state index contributed by atoms with van der Waals surface area (Å²) in [6.07, 6.45) is 2.93. The van der Waals surface area contributed by atoms with Crippen molar-refractivity contribution in [3.63, 3.8) is 0 Å². The number of sulfonamides is 1. The van der Waals surface area contributed by atoms with E-state index in [9.17, 15) is 12.8 Å². The van der Waals surface area contributed by atoms with Crippen LogP contribution in [0.2, 0.25) is 0 Å². The van der Waals surface area contributed by atoms with Crippen molar-refractivity contribution in [2.24, 2.45) is 0 Å². The van der Waals surface area contributed by atoms with Crippen LogP contribution in [-0.4, -0.2) is 32.8 Å². The van der Waals surface area contributed by atoms with Crippen LogP contribution in [-0.2, 0) is 10.0 Å². The van der Waals surface area contributed by atoms with E-state index in [0.29, 0.717) is 12.6 Å². The zero-order valence-corrected chi connectivity index (χ0v) is 13.5. The van der Waals surface area contributed by atoms with Crippen molar-refractivity contribution in [3.05, 3.63) is 35.6 Å². The van der Waals surface area contributed by atoms with Gasteiger partial charge in [0.2, 0.25) is 10.0 Å². The summed E-state index contributed by atoms with van der Waals surface area (Å²) in [5.74, 6) is 0.120. The fourth-order valence-electron chi connectivity index (χ4n) is 2.78. The Bertz CT molecular complexity index is 595. The van der Waals surface area contributed by atoms with E-state index in [1.54, 1.807) is 6.07 Å². The van der Waals surface area contributed by atoms with Crippen LogP contribution < -0.4 is 10.0 Å². The molecule has 21 heavy (non-hydrogen) atoms. The molecule has 0 radical (unpaired) electrons. The van der Waals surface area contributed by atoms with E-state index in [-0.39, 0.29) is 11.7 Å². The molecule has 1 aliphatic carbocycles. The van der Waals surface area contributed by atoms with Gasteiger partial charge in [0.1, 0.15) is 5.82 Å². The number of hydrogen-bond donors (Lipinski definition) is 2. The minimum Gasteiger partial charge on any atom is -0.312 e. The van der Waals surface area contributed by atoms with Crippen LogP contribution in [0.15, 0.2) is 24.3 Å². The third-order valence-electron chi connectivity index (χ3n) is 3.78. The molecule has 0 spiro atoms. The molecule has 1 aromatic rings. The molecule has 0 bridgehead atoms. The molecule has 0 atom stereocenters. The molecule has 0 amide bonds. The maximum Gasteiger partial charge on any atom is 0.209 e. The van der Waals surface area contributed by atoms with E-state index in [0.717, 1.165) is 24.7 Å². The van der Waals surface area contributed by atoms with Crippen LogP contribution >= 0.6 is 0 Å². The van der Waals surface area contributed by atoms with Gasteiger partial charge in [0, 0.05) is 18.1 Å². The summed E-state index contributed by atoms with van der Waals surface area (Å²) < 4.78 is 38.8. The van der Waals surface area contributed by atoms with Crippen LogP contribution in [0.5, 0.6) is 0 Å². The first-order valence-corrected chi connectivity index (χ1v) is 9.02. The summed E-state index contributed by atoms with van der Waals surface area (Å²) in [5, 5.41) is 3.35. The minimum atomic E-state index is -3.22. The largest absolute Gasteiger partial charge is 0.312 e. The molecule has 2 N–H and O–H groups in total. The first kappa shape index (κ1) is 16.4. The van der Waals surface area contributed by atoms with Gasteiger partial charge in [-0.1, -0.05) is 18.2 Å². The normalized spacial score (nSPS) is 22.9. The fraction of sp³-hybridized carbons (Fsp3) is 0.600. The molecule has 6 heteroatoms. The van der Waals surface area contributed by atoms with E-state index in [4.69, 9.17) is 0 Å². The van der Waals surface area contributed by atoms with Crippen molar-refractivity contribution >= 4 is 10.0 Å². The molecule has 0 heterocycles. The van der Waals surface area contributed by atoms with Gasteiger partial charge in [0.15, 0.2) is 0 Å². The molecule has 118 valence electrons. The Kier molecular flexibility index (Phi) is 4.70. The lowest BCUT2D eigenvalue weighted by molar-refractivity contribution is 0.264. The third kappa shape index (κ3) is 4.76. The molecule has 4 nitrogen and oxygen atoms in total. The topological polar surface area (TPSA) is 58.2 Å². The van der Waals surface area contributed by atoms with Crippen molar-refractivity contribution in [1.82, 2.24) is 10.0 Å². The first-order chi connectivity index (χ1) is 9.66. The monoisotopic (exact) mass is 314 g/mol. The highest BCUT2D eigenvalue weighted by Gasteiger charge is 2.33. The Hall–Kier alpha value is -0.980. The van der Waals surface area contributed by atoms with Crippen LogP contribution in [0.3, 0.4) is 0 Å². The minimum absolute atomic E-state index is 0.139. The molecule has 1 aliphatic rings. The van der Waals surface area contributed by atoms with Crippen LogP contribution in [0, 0.1) is 5.82 Å². The van der Waals surface area contributed by atoms with Crippen molar-refractivity contribution < 1.29 is 12.8 Å². The lowest BCUT2D eigenvalue weighted by Gasteiger charge is -2.38. The molecule has 1 fully saturated rings. The van der Waals surface area contributed by atoms with E-state index < -0.39 is 15.6 Å². The van der Waals surface area contributed by atoms with Crippen molar-refractivity contribution in [3.8, 4) is 0 Å². The van der Waals surface area contributed by atoms with E-state index in [1.165, 1.54) is 6.07 Å². The SMILES string of the molecule is CC(C)(CNC1CC(c2ccccc2F)C1)NS(C)(=O)=O. The highest BCUT2D eigenvalue weighted by Crippen LogP contribution is 2.37. The van der Waals surface area contributed by atoms with Crippen molar-refractivity contribution in [2.75, 3.05) is 12.8 Å². The second-order valence-corrected chi connectivity index (χ2v) is 8.27. The number of hydrogen-bond acceptors (Lipinski definition) is 3. The number of halogens is 1. The first-order valence-electron chi connectivity index (χ1n) is 7.13. The molecule has 0 aliphatic heterocycles. The van der Waals surface area contributed by atoms with Crippen LogP contribution in [0.25, 0.3) is 0 Å². The number of benzene rings is 1. The quantitative estimate of drug-likeness (QED) is 0.844. The Morgan fingerprint density at radius 2 is 1.90 bits per heavy atom. The molecular formula is C15H23FN2O2S. The van der Waals surface area contributed by atoms with Gasteiger partial charge < -0.3 is 5.32 Å². The predicted octanol–water partition coefficient (Wildman–Crippen LogP) is 1.99. The standard InChI is InChI=1S/C15H23FN2O2S/c1-15(2,18-21(3,19)20)10-17-12-8-11(9-12)13-6-4-5-7-14(13)16/h4-7,11-12,17-18H,8-10H2,1-3H3. The lowest BCUT2D eigenvalue weighted by Crippen LogP contribution is -2.53. The Balaban J connectivity index is 1.80. The van der Waals surface area contributed by atoms with Crippen molar-refractivity contribution in [1.29, 1.82) is 0 Å². The van der Waals surface area contributed by atoms with Gasteiger partial charge >= 0.3 is 0 Å². The van der Waals surface area contributed by atoms with E-state index in [2.05, 4.69) is 10.0 Å².